The van der Waals surface area contributed by atoms with E-state index in [0.29, 0.717) is 22.6 Å². The summed E-state index contributed by atoms with van der Waals surface area (Å²) in [6.07, 6.45) is 1.63. The van der Waals surface area contributed by atoms with Crippen LogP contribution in [0.2, 0.25) is 10.0 Å². The summed E-state index contributed by atoms with van der Waals surface area (Å²) in [6, 6.07) is 12.1. The van der Waals surface area contributed by atoms with E-state index in [9.17, 15) is 12.8 Å². The average molecular weight is 436 g/mol. The monoisotopic (exact) mass is 435 g/mol. The molecule has 5 nitrogen and oxygen atoms in total. The van der Waals surface area contributed by atoms with Crippen molar-refractivity contribution in [2.45, 2.75) is 10.6 Å². The predicted molar refractivity (Wildman–Crippen MR) is 107 cm³/mol. The highest BCUT2D eigenvalue weighted by atomic mass is 35.5. The topological polar surface area (TPSA) is 75.7 Å². The lowest BCUT2D eigenvalue weighted by atomic mass is 10.2. The number of hydrogen-bond acceptors (Lipinski definition) is 4. The number of imidazole rings is 1. The Hall–Kier alpha value is -2.48. The van der Waals surface area contributed by atoms with Gasteiger partial charge in [0.15, 0.2) is 15.7 Å². The van der Waals surface area contributed by atoms with Crippen LogP contribution in [0.25, 0.3) is 22.6 Å². The smallest absolute Gasteiger partial charge is 0.184 e. The fourth-order valence-electron chi connectivity index (χ4n) is 2.80. The highest BCUT2D eigenvalue weighted by molar-refractivity contribution is 7.90. The second-order valence-electron chi connectivity index (χ2n) is 6.09. The van der Waals surface area contributed by atoms with Crippen molar-refractivity contribution in [1.29, 1.82) is 0 Å². The third-order valence-electron chi connectivity index (χ3n) is 4.14. The molecule has 28 heavy (non-hydrogen) atoms. The van der Waals surface area contributed by atoms with Crippen LogP contribution in [-0.2, 0) is 15.6 Å². The number of halogens is 3. The molecule has 0 bridgehead atoms. The molecule has 0 radical (unpaired) electrons. The van der Waals surface area contributed by atoms with E-state index in [1.54, 1.807) is 18.3 Å². The Morgan fingerprint density at radius 3 is 2.61 bits per heavy atom. The molecule has 0 atom stereocenters. The van der Waals surface area contributed by atoms with E-state index < -0.39 is 21.4 Å². The number of rotatable bonds is 4. The molecule has 1 N–H and O–H groups in total. The number of aromatic nitrogens is 3. The van der Waals surface area contributed by atoms with E-state index in [-0.39, 0.29) is 20.5 Å². The first-order chi connectivity index (χ1) is 13.3. The van der Waals surface area contributed by atoms with Gasteiger partial charge in [0.25, 0.3) is 0 Å². The van der Waals surface area contributed by atoms with Crippen molar-refractivity contribution in [3.8, 4) is 11.5 Å². The highest BCUT2D eigenvalue weighted by Crippen LogP contribution is 2.31. The standard InChI is InChI=1S/C19H12Cl2FN3O2S/c20-12-5-4-11(14(22)7-12)10-28(26,27)18-9-17-16(8-13(18)21)24-19(25-17)15-3-1-2-6-23-15/h1-9H,10H2,(H,24,25). The van der Waals surface area contributed by atoms with Crippen molar-refractivity contribution in [2.75, 3.05) is 0 Å². The van der Waals surface area contributed by atoms with E-state index in [1.165, 1.54) is 24.3 Å². The Morgan fingerprint density at radius 1 is 1.07 bits per heavy atom. The summed E-state index contributed by atoms with van der Waals surface area (Å²) >= 11 is 11.9. The van der Waals surface area contributed by atoms with Gasteiger partial charge in [-0.3, -0.25) is 4.98 Å². The van der Waals surface area contributed by atoms with Gasteiger partial charge in [-0.05, 0) is 36.4 Å². The number of fused-ring (bicyclic) bond motifs is 1. The van der Waals surface area contributed by atoms with Crippen LogP contribution in [0.3, 0.4) is 0 Å². The van der Waals surface area contributed by atoms with Crippen LogP contribution in [0.15, 0.2) is 59.6 Å². The Labute approximate surface area is 170 Å². The van der Waals surface area contributed by atoms with Crippen molar-refractivity contribution in [1.82, 2.24) is 15.0 Å². The molecule has 142 valence electrons. The first kappa shape index (κ1) is 18.9. The minimum Gasteiger partial charge on any atom is -0.337 e. The second-order valence-corrected chi connectivity index (χ2v) is 8.90. The molecule has 0 unspecified atom stereocenters. The number of aromatic amines is 1. The number of nitrogens with zero attached hydrogens (tertiary/aromatic N) is 2. The normalized spacial score (nSPS) is 11.8. The molecule has 0 saturated heterocycles. The van der Waals surface area contributed by atoms with Crippen LogP contribution in [0, 0.1) is 5.82 Å². The lowest BCUT2D eigenvalue weighted by Crippen LogP contribution is -2.07. The van der Waals surface area contributed by atoms with Crippen LogP contribution < -0.4 is 0 Å². The van der Waals surface area contributed by atoms with Crippen LogP contribution in [0.4, 0.5) is 4.39 Å². The van der Waals surface area contributed by atoms with Crippen LogP contribution in [0.1, 0.15) is 5.56 Å². The molecular weight excluding hydrogens is 424 g/mol. The third kappa shape index (κ3) is 3.61. The van der Waals surface area contributed by atoms with Crippen molar-refractivity contribution in [3.63, 3.8) is 0 Å². The summed E-state index contributed by atoms with van der Waals surface area (Å²) in [5, 5.41) is 0.207. The lowest BCUT2D eigenvalue weighted by molar-refractivity contribution is 0.587. The maximum atomic E-state index is 14.0. The number of hydrogen-bond donors (Lipinski definition) is 1. The van der Waals surface area contributed by atoms with Gasteiger partial charge in [-0.15, -0.1) is 0 Å². The summed E-state index contributed by atoms with van der Waals surface area (Å²) < 4.78 is 39.7. The number of H-pyrrole nitrogens is 1. The number of sulfone groups is 1. The molecule has 0 amide bonds. The number of pyridine rings is 1. The Morgan fingerprint density at radius 2 is 1.89 bits per heavy atom. The number of nitrogens with one attached hydrogen (secondary N) is 1. The van der Waals surface area contributed by atoms with Gasteiger partial charge < -0.3 is 4.98 Å². The molecule has 2 aromatic heterocycles. The third-order valence-corrected chi connectivity index (χ3v) is 6.50. The zero-order valence-corrected chi connectivity index (χ0v) is 16.5. The van der Waals surface area contributed by atoms with Gasteiger partial charge >= 0.3 is 0 Å². The zero-order valence-electron chi connectivity index (χ0n) is 14.2. The molecular formula is C19H12Cl2FN3O2S. The van der Waals surface area contributed by atoms with Gasteiger partial charge in [0.1, 0.15) is 11.5 Å². The van der Waals surface area contributed by atoms with Gasteiger partial charge in [0, 0.05) is 16.8 Å². The molecule has 0 aliphatic heterocycles. The molecule has 0 fully saturated rings. The minimum absolute atomic E-state index is 0.0133. The number of benzene rings is 2. The fourth-order valence-corrected chi connectivity index (χ4v) is 4.92. The summed E-state index contributed by atoms with van der Waals surface area (Å²) in [5.41, 5.74) is 1.62. The van der Waals surface area contributed by atoms with Crippen molar-refractivity contribution in [3.05, 3.63) is 76.2 Å². The molecule has 0 aliphatic carbocycles. The van der Waals surface area contributed by atoms with Crippen LogP contribution in [-0.4, -0.2) is 23.4 Å². The molecule has 0 aliphatic rings. The first-order valence-electron chi connectivity index (χ1n) is 8.11. The highest BCUT2D eigenvalue weighted by Gasteiger charge is 2.22. The van der Waals surface area contributed by atoms with E-state index in [0.717, 1.165) is 6.07 Å². The molecule has 0 saturated carbocycles. The second kappa shape index (κ2) is 7.16. The van der Waals surface area contributed by atoms with Gasteiger partial charge in [-0.25, -0.2) is 17.8 Å². The van der Waals surface area contributed by atoms with E-state index in [1.807, 2.05) is 6.07 Å². The summed E-state index contributed by atoms with van der Waals surface area (Å²) in [6.45, 7) is 0. The SMILES string of the molecule is O=S(=O)(Cc1ccc(Cl)cc1F)c1cc2[nH]c(-c3ccccn3)nc2cc1Cl. The first-order valence-corrected chi connectivity index (χ1v) is 10.5. The Bertz CT molecular complexity index is 1290. The summed E-state index contributed by atoms with van der Waals surface area (Å²) in [4.78, 5) is 11.6. The van der Waals surface area contributed by atoms with E-state index in [4.69, 9.17) is 23.2 Å². The van der Waals surface area contributed by atoms with Gasteiger partial charge in [0.05, 0.1) is 26.7 Å². The predicted octanol–water partition coefficient (Wildman–Crippen LogP) is 5.04. The van der Waals surface area contributed by atoms with Gasteiger partial charge in [-0.1, -0.05) is 35.3 Å². The maximum Gasteiger partial charge on any atom is 0.184 e. The quantitative estimate of drug-likeness (QED) is 0.486. The van der Waals surface area contributed by atoms with Gasteiger partial charge in [-0.2, -0.15) is 0 Å². The Kier molecular flexibility index (Phi) is 4.82. The molecule has 0 spiro atoms. The van der Waals surface area contributed by atoms with Crippen LogP contribution >= 0.6 is 23.2 Å². The lowest BCUT2D eigenvalue weighted by Gasteiger charge is -2.08. The minimum atomic E-state index is -3.90. The largest absolute Gasteiger partial charge is 0.337 e. The van der Waals surface area contributed by atoms with Crippen molar-refractivity contribution < 1.29 is 12.8 Å². The molecule has 2 heterocycles. The van der Waals surface area contributed by atoms with E-state index >= 15 is 0 Å². The van der Waals surface area contributed by atoms with Crippen molar-refractivity contribution in [2.24, 2.45) is 0 Å². The molecule has 2 aromatic carbocycles. The molecule has 9 heteroatoms. The van der Waals surface area contributed by atoms with Crippen molar-refractivity contribution >= 4 is 44.1 Å². The molecule has 4 rings (SSSR count). The van der Waals surface area contributed by atoms with Crippen LogP contribution in [0.5, 0.6) is 0 Å². The van der Waals surface area contributed by atoms with Gasteiger partial charge in [0.2, 0.25) is 0 Å². The zero-order chi connectivity index (χ0) is 19.9. The average Bonchev–Trinajstić information content (AvgIpc) is 3.07. The Balaban J connectivity index is 1.76. The molecule has 4 aromatic rings. The maximum absolute atomic E-state index is 14.0. The summed E-state index contributed by atoms with van der Waals surface area (Å²) in [7, 11) is -3.90. The fraction of sp³-hybridized carbons (Fsp3) is 0.0526. The summed E-state index contributed by atoms with van der Waals surface area (Å²) in [5.74, 6) is -0.736. The van der Waals surface area contributed by atoms with E-state index in [2.05, 4.69) is 15.0 Å².